The van der Waals surface area contributed by atoms with Gasteiger partial charge in [0.2, 0.25) is 0 Å². The third kappa shape index (κ3) is 4.41. The fraction of sp³-hybridized carbons (Fsp3) is 0.167. The first-order valence-electron chi connectivity index (χ1n) is 4.81. The van der Waals surface area contributed by atoms with Crippen LogP contribution in [-0.4, -0.2) is 20.2 Å². The minimum Gasteiger partial charge on any atom is -0.506 e. The van der Waals surface area contributed by atoms with E-state index in [0.717, 1.165) is 11.4 Å². The molecule has 0 amide bonds. The Morgan fingerprint density at radius 3 is 1.31 bits per heavy atom. The molecule has 0 aromatic carbocycles. The minimum atomic E-state index is 0.218. The molecule has 16 heavy (non-hydrogen) atoms. The van der Waals surface area contributed by atoms with Crippen molar-refractivity contribution in [2.45, 2.75) is 13.8 Å². The summed E-state index contributed by atoms with van der Waals surface area (Å²) in [4.78, 5) is 7.66. The quantitative estimate of drug-likeness (QED) is 0.711. The van der Waals surface area contributed by atoms with Crippen LogP contribution >= 0.6 is 0 Å². The summed E-state index contributed by atoms with van der Waals surface area (Å²) < 4.78 is 0. The van der Waals surface area contributed by atoms with Crippen molar-refractivity contribution < 1.29 is 10.2 Å². The van der Waals surface area contributed by atoms with Gasteiger partial charge in [0, 0.05) is 11.4 Å². The van der Waals surface area contributed by atoms with Crippen molar-refractivity contribution in [1.29, 1.82) is 0 Å². The molecule has 4 heteroatoms. The maximum Gasteiger partial charge on any atom is 0.133 e. The first-order valence-corrected chi connectivity index (χ1v) is 4.81. The lowest BCUT2D eigenvalue weighted by atomic mass is 10.4. The molecule has 0 unspecified atom stereocenters. The molecule has 2 N–H and O–H groups in total. The van der Waals surface area contributed by atoms with Gasteiger partial charge >= 0.3 is 0 Å². The van der Waals surface area contributed by atoms with Crippen LogP contribution in [0.5, 0.6) is 11.5 Å². The van der Waals surface area contributed by atoms with Crippen LogP contribution in [0.25, 0.3) is 0 Å². The Hall–Kier alpha value is -2.10. The van der Waals surface area contributed by atoms with Crippen LogP contribution in [-0.2, 0) is 0 Å². The fourth-order valence-corrected chi connectivity index (χ4v) is 0.920. The summed E-state index contributed by atoms with van der Waals surface area (Å²) in [6.07, 6.45) is 2.85. The van der Waals surface area contributed by atoms with Gasteiger partial charge in [-0.2, -0.15) is 0 Å². The van der Waals surface area contributed by atoms with Gasteiger partial charge < -0.3 is 10.2 Å². The van der Waals surface area contributed by atoms with E-state index in [9.17, 15) is 0 Å². The Morgan fingerprint density at radius 2 is 1.12 bits per heavy atom. The molecule has 2 aromatic heterocycles. The van der Waals surface area contributed by atoms with Crippen LogP contribution in [0.4, 0.5) is 0 Å². The molecule has 0 aliphatic heterocycles. The summed E-state index contributed by atoms with van der Waals surface area (Å²) in [5.41, 5.74) is 1.84. The zero-order valence-electron chi connectivity index (χ0n) is 9.25. The predicted molar refractivity (Wildman–Crippen MR) is 61.3 cm³/mol. The number of hydrogen-bond donors (Lipinski definition) is 2. The average Bonchev–Trinajstić information content (AvgIpc) is 2.28. The molecule has 0 spiro atoms. The molecule has 0 aliphatic carbocycles. The standard InChI is InChI=1S/2C6H7NO/c2*1-5-2-3-6(8)4-7-5/h2*2-4,8H,1H3. The number of hydrogen-bond acceptors (Lipinski definition) is 4. The first-order chi connectivity index (χ1) is 7.58. The lowest BCUT2D eigenvalue weighted by molar-refractivity contribution is 0.472. The molecule has 0 saturated carbocycles. The highest BCUT2D eigenvalue weighted by atomic mass is 16.3. The SMILES string of the molecule is Cc1ccc(O)cn1.Cc1ccc(O)cn1. The van der Waals surface area contributed by atoms with Crippen molar-refractivity contribution in [2.75, 3.05) is 0 Å². The lowest BCUT2D eigenvalue weighted by Crippen LogP contribution is -1.75. The highest BCUT2D eigenvalue weighted by Gasteiger charge is 1.84. The molecule has 2 heterocycles. The molecule has 0 fully saturated rings. The van der Waals surface area contributed by atoms with Crippen molar-refractivity contribution in [3.8, 4) is 11.5 Å². The van der Waals surface area contributed by atoms with Crippen LogP contribution in [0.3, 0.4) is 0 Å². The second-order valence-corrected chi connectivity index (χ2v) is 3.32. The van der Waals surface area contributed by atoms with E-state index >= 15 is 0 Å². The largest absolute Gasteiger partial charge is 0.506 e. The maximum absolute atomic E-state index is 8.69. The van der Waals surface area contributed by atoms with Crippen LogP contribution in [0.2, 0.25) is 0 Å². The zero-order valence-corrected chi connectivity index (χ0v) is 9.25. The molecule has 0 aliphatic rings. The van der Waals surface area contributed by atoms with Crippen molar-refractivity contribution in [3.63, 3.8) is 0 Å². The molecule has 0 atom stereocenters. The normalized spacial score (nSPS) is 9.12. The van der Waals surface area contributed by atoms with Gasteiger partial charge in [-0.15, -0.1) is 0 Å². The number of aromatic hydroxyl groups is 2. The van der Waals surface area contributed by atoms with E-state index < -0.39 is 0 Å². The van der Waals surface area contributed by atoms with E-state index in [1.165, 1.54) is 12.4 Å². The Morgan fingerprint density at radius 1 is 0.750 bits per heavy atom. The van der Waals surface area contributed by atoms with Gasteiger partial charge in [0.1, 0.15) is 11.5 Å². The Kier molecular flexibility index (Phi) is 4.27. The van der Waals surface area contributed by atoms with Crippen LogP contribution < -0.4 is 0 Å². The Bertz CT molecular complexity index is 338. The van der Waals surface area contributed by atoms with Gasteiger partial charge in [-0.25, -0.2) is 0 Å². The summed E-state index contributed by atoms with van der Waals surface area (Å²) in [6, 6.07) is 6.75. The molecular weight excluding hydrogens is 204 g/mol. The summed E-state index contributed by atoms with van der Waals surface area (Å²) in [5, 5.41) is 17.4. The topological polar surface area (TPSA) is 66.2 Å². The summed E-state index contributed by atoms with van der Waals surface area (Å²) in [7, 11) is 0. The van der Waals surface area contributed by atoms with Gasteiger partial charge in [-0.05, 0) is 38.1 Å². The third-order valence-corrected chi connectivity index (χ3v) is 1.79. The number of aryl methyl sites for hydroxylation is 2. The second kappa shape index (κ2) is 5.70. The average molecular weight is 218 g/mol. The zero-order chi connectivity index (χ0) is 12.0. The summed E-state index contributed by atoms with van der Waals surface area (Å²) in [5.74, 6) is 0.436. The first kappa shape index (κ1) is 12.0. The monoisotopic (exact) mass is 218 g/mol. The van der Waals surface area contributed by atoms with Crippen LogP contribution in [0.1, 0.15) is 11.4 Å². The highest BCUT2D eigenvalue weighted by molar-refractivity contribution is 5.17. The molecule has 0 radical (unpaired) electrons. The smallest absolute Gasteiger partial charge is 0.133 e. The number of nitrogens with zero attached hydrogens (tertiary/aromatic N) is 2. The molecular formula is C12H14N2O2. The number of aromatic nitrogens is 2. The third-order valence-electron chi connectivity index (χ3n) is 1.79. The van der Waals surface area contributed by atoms with E-state index in [1.807, 2.05) is 13.8 Å². The fourth-order valence-electron chi connectivity index (χ4n) is 0.920. The molecule has 0 bridgehead atoms. The van der Waals surface area contributed by atoms with E-state index in [1.54, 1.807) is 24.3 Å². The van der Waals surface area contributed by atoms with Crippen molar-refractivity contribution in [2.24, 2.45) is 0 Å². The van der Waals surface area contributed by atoms with E-state index in [0.29, 0.717) is 0 Å². The number of rotatable bonds is 0. The van der Waals surface area contributed by atoms with Crippen LogP contribution in [0, 0.1) is 13.8 Å². The van der Waals surface area contributed by atoms with Gasteiger partial charge in [-0.1, -0.05) is 0 Å². The lowest BCUT2D eigenvalue weighted by Gasteiger charge is -1.88. The van der Waals surface area contributed by atoms with Crippen molar-refractivity contribution >= 4 is 0 Å². The predicted octanol–water partition coefficient (Wildman–Crippen LogP) is 2.19. The van der Waals surface area contributed by atoms with E-state index in [-0.39, 0.29) is 11.5 Å². The van der Waals surface area contributed by atoms with Crippen molar-refractivity contribution in [3.05, 3.63) is 48.0 Å². The molecule has 4 nitrogen and oxygen atoms in total. The number of pyridine rings is 2. The van der Waals surface area contributed by atoms with E-state index in [4.69, 9.17) is 10.2 Å². The molecule has 2 rings (SSSR count). The minimum absolute atomic E-state index is 0.218. The summed E-state index contributed by atoms with van der Waals surface area (Å²) >= 11 is 0. The molecule has 84 valence electrons. The van der Waals surface area contributed by atoms with Crippen molar-refractivity contribution in [1.82, 2.24) is 9.97 Å². The maximum atomic E-state index is 8.69. The van der Waals surface area contributed by atoms with Crippen LogP contribution in [0.15, 0.2) is 36.7 Å². The van der Waals surface area contributed by atoms with Gasteiger partial charge in [0.15, 0.2) is 0 Å². The second-order valence-electron chi connectivity index (χ2n) is 3.32. The Labute approximate surface area is 94.3 Å². The van der Waals surface area contributed by atoms with Gasteiger partial charge in [-0.3, -0.25) is 9.97 Å². The molecule has 2 aromatic rings. The van der Waals surface area contributed by atoms with Gasteiger partial charge in [0.25, 0.3) is 0 Å². The van der Waals surface area contributed by atoms with E-state index in [2.05, 4.69) is 9.97 Å². The Balaban J connectivity index is 0.000000160. The summed E-state index contributed by atoms with van der Waals surface area (Å²) in [6.45, 7) is 3.75. The van der Waals surface area contributed by atoms with Gasteiger partial charge in [0.05, 0.1) is 12.4 Å². The highest BCUT2D eigenvalue weighted by Crippen LogP contribution is 2.04. The molecule has 0 saturated heterocycles.